The van der Waals surface area contributed by atoms with Gasteiger partial charge in [0, 0.05) is 11.3 Å². The normalized spacial score (nSPS) is 10.4. The highest BCUT2D eigenvalue weighted by Gasteiger charge is 2.04. The minimum Gasteiger partial charge on any atom is -0.335 e. The van der Waals surface area contributed by atoms with Crippen molar-refractivity contribution < 1.29 is 4.39 Å². The molecule has 0 aliphatic carbocycles. The predicted molar refractivity (Wildman–Crippen MR) is 64.6 cm³/mol. The molecule has 1 aromatic carbocycles. The maximum absolute atomic E-state index is 13.0. The van der Waals surface area contributed by atoms with Gasteiger partial charge < -0.3 is 4.98 Å². The number of nitrogens with zero attached hydrogens (tertiary/aromatic N) is 1. The third-order valence-corrected chi connectivity index (χ3v) is 2.58. The van der Waals surface area contributed by atoms with E-state index < -0.39 is 5.82 Å². The number of halogens is 2. The van der Waals surface area contributed by atoms with Gasteiger partial charge in [-0.25, -0.2) is 9.37 Å². The number of H-pyrrole nitrogens is 1. The van der Waals surface area contributed by atoms with E-state index in [0.29, 0.717) is 10.5 Å². The highest BCUT2D eigenvalue weighted by molar-refractivity contribution is 7.71. The Morgan fingerprint density at radius 2 is 2.12 bits per heavy atom. The molecule has 0 bridgehead atoms. The number of benzene rings is 1. The van der Waals surface area contributed by atoms with Crippen LogP contribution in [0.15, 0.2) is 24.3 Å². The maximum Gasteiger partial charge on any atom is 0.197 e. The van der Waals surface area contributed by atoms with Crippen LogP contribution in [0.5, 0.6) is 0 Å². The van der Waals surface area contributed by atoms with Crippen molar-refractivity contribution >= 4 is 23.8 Å². The van der Waals surface area contributed by atoms with E-state index in [9.17, 15) is 4.39 Å². The Kier molecular flexibility index (Phi) is 3.03. The summed E-state index contributed by atoms with van der Waals surface area (Å²) in [5, 5.41) is 0.0794. The molecule has 1 heterocycles. The van der Waals surface area contributed by atoms with Gasteiger partial charge in [-0.1, -0.05) is 11.6 Å². The van der Waals surface area contributed by atoms with Gasteiger partial charge in [-0.05, 0) is 43.4 Å². The zero-order chi connectivity index (χ0) is 11.7. The molecule has 0 spiro atoms. The van der Waals surface area contributed by atoms with Crippen LogP contribution in [0.25, 0.3) is 11.3 Å². The van der Waals surface area contributed by atoms with Crippen molar-refractivity contribution in [2.45, 2.75) is 6.92 Å². The lowest BCUT2D eigenvalue weighted by Crippen LogP contribution is -1.90. The van der Waals surface area contributed by atoms with Crippen LogP contribution >= 0.6 is 23.8 Å². The molecule has 2 rings (SSSR count). The molecule has 0 aliphatic rings. The van der Waals surface area contributed by atoms with Crippen LogP contribution < -0.4 is 0 Å². The van der Waals surface area contributed by atoms with Crippen LogP contribution in [0.4, 0.5) is 4.39 Å². The summed E-state index contributed by atoms with van der Waals surface area (Å²) in [4.78, 5) is 7.06. The summed E-state index contributed by atoms with van der Waals surface area (Å²) in [6.45, 7) is 1.88. The van der Waals surface area contributed by atoms with Crippen molar-refractivity contribution in [2.75, 3.05) is 0 Å². The average Bonchev–Trinajstić information content (AvgIpc) is 2.20. The van der Waals surface area contributed by atoms with Crippen LogP contribution in [-0.4, -0.2) is 9.97 Å². The molecule has 2 nitrogen and oxygen atoms in total. The van der Waals surface area contributed by atoms with Gasteiger partial charge in [0.25, 0.3) is 0 Å². The Morgan fingerprint density at radius 3 is 2.75 bits per heavy atom. The largest absolute Gasteiger partial charge is 0.335 e. The maximum atomic E-state index is 13.0. The third-order valence-electron chi connectivity index (χ3n) is 2.09. The minimum atomic E-state index is -0.441. The molecule has 0 saturated heterocycles. The Bertz CT molecular complexity index is 595. The zero-order valence-corrected chi connectivity index (χ0v) is 9.99. The molecule has 5 heteroatoms. The van der Waals surface area contributed by atoms with Crippen molar-refractivity contribution in [3.8, 4) is 11.3 Å². The Morgan fingerprint density at radius 1 is 1.38 bits per heavy atom. The number of nitrogens with one attached hydrogen (secondary N) is 1. The Labute approximate surface area is 102 Å². The van der Waals surface area contributed by atoms with Gasteiger partial charge in [0.1, 0.15) is 5.82 Å². The zero-order valence-electron chi connectivity index (χ0n) is 8.42. The first kappa shape index (κ1) is 11.2. The Balaban J connectivity index is 2.58. The number of rotatable bonds is 1. The molecule has 1 aromatic heterocycles. The fourth-order valence-electron chi connectivity index (χ4n) is 1.38. The van der Waals surface area contributed by atoms with Gasteiger partial charge in [-0.15, -0.1) is 0 Å². The lowest BCUT2D eigenvalue weighted by molar-refractivity contribution is 0.628. The summed E-state index contributed by atoms with van der Waals surface area (Å²) in [6, 6.07) is 6.30. The lowest BCUT2D eigenvalue weighted by Gasteiger charge is -2.03. The van der Waals surface area contributed by atoms with Gasteiger partial charge in [-0.3, -0.25) is 0 Å². The summed E-state index contributed by atoms with van der Waals surface area (Å²) in [6.07, 6.45) is 0. The smallest absolute Gasteiger partial charge is 0.197 e. The quantitative estimate of drug-likeness (QED) is 0.782. The first-order valence-corrected chi connectivity index (χ1v) is 5.38. The lowest BCUT2D eigenvalue weighted by atomic mass is 10.1. The van der Waals surface area contributed by atoms with E-state index in [4.69, 9.17) is 23.8 Å². The van der Waals surface area contributed by atoms with Crippen LogP contribution in [0.1, 0.15) is 5.69 Å². The number of hydrogen-bond acceptors (Lipinski definition) is 2. The standard InChI is InChI=1S/C11H8ClFN2S/c1-6-4-10(15-11(16)14-6)7-2-3-9(13)8(12)5-7/h2-5H,1H3,(H,14,15,16). The second-order valence-corrected chi connectivity index (χ2v) is 4.18. The fourth-order valence-corrected chi connectivity index (χ4v) is 1.82. The van der Waals surface area contributed by atoms with E-state index in [1.165, 1.54) is 12.1 Å². The van der Waals surface area contributed by atoms with Crippen molar-refractivity contribution in [1.82, 2.24) is 9.97 Å². The molecule has 1 N–H and O–H groups in total. The molecule has 0 aliphatic heterocycles. The summed E-state index contributed by atoms with van der Waals surface area (Å²) in [7, 11) is 0. The van der Waals surface area contributed by atoms with Crippen molar-refractivity contribution in [1.29, 1.82) is 0 Å². The monoisotopic (exact) mass is 254 g/mol. The SMILES string of the molecule is Cc1cc(-c2ccc(F)c(Cl)c2)nc(=S)[nH]1. The van der Waals surface area contributed by atoms with E-state index >= 15 is 0 Å². The van der Waals surface area contributed by atoms with Gasteiger partial charge >= 0.3 is 0 Å². The summed E-state index contributed by atoms with van der Waals surface area (Å²) in [5.41, 5.74) is 2.33. The first-order chi connectivity index (χ1) is 7.56. The molecule has 0 atom stereocenters. The second kappa shape index (κ2) is 4.31. The van der Waals surface area contributed by atoms with Crippen molar-refractivity contribution in [2.24, 2.45) is 0 Å². The minimum absolute atomic E-state index is 0.0794. The first-order valence-electron chi connectivity index (χ1n) is 4.59. The Hall–Kier alpha value is -1.26. The third kappa shape index (κ3) is 2.28. The van der Waals surface area contributed by atoms with Gasteiger partial charge in [-0.2, -0.15) is 0 Å². The molecule has 0 amide bonds. The molecule has 2 aromatic rings. The topological polar surface area (TPSA) is 28.7 Å². The van der Waals surface area contributed by atoms with E-state index in [1.54, 1.807) is 6.07 Å². The van der Waals surface area contributed by atoms with Crippen molar-refractivity contribution in [3.63, 3.8) is 0 Å². The van der Waals surface area contributed by atoms with Crippen LogP contribution in [0.2, 0.25) is 5.02 Å². The summed E-state index contributed by atoms with van der Waals surface area (Å²) >= 11 is 10.7. The number of aryl methyl sites for hydroxylation is 1. The molecule has 82 valence electrons. The van der Waals surface area contributed by atoms with Crippen LogP contribution in [0, 0.1) is 17.5 Å². The van der Waals surface area contributed by atoms with Crippen molar-refractivity contribution in [3.05, 3.63) is 45.6 Å². The highest BCUT2D eigenvalue weighted by atomic mass is 35.5. The molecule has 0 unspecified atom stereocenters. The van der Waals surface area contributed by atoms with E-state index in [-0.39, 0.29) is 5.02 Å². The van der Waals surface area contributed by atoms with E-state index in [1.807, 2.05) is 13.0 Å². The molecule has 0 fully saturated rings. The second-order valence-electron chi connectivity index (χ2n) is 3.38. The number of aromatic amines is 1. The number of aromatic nitrogens is 2. The summed E-state index contributed by atoms with van der Waals surface area (Å²) < 4.78 is 13.4. The van der Waals surface area contributed by atoms with Gasteiger partial charge in [0.15, 0.2) is 4.77 Å². The van der Waals surface area contributed by atoms with Gasteiger partial charge in [0.2, 0.25) is 0 Å². The molecule has 0 saturated carbocycles. The van der Waals surface area contributed by atoms with Gasteiger partial charge in [0.05, 0.1) is 10.7 Å². The molecular formula is C11H8ClFN2S. The fraction of sp³-hybridized carbons (Fsp3) is 0.0909. The highest BCUT2D eigenvalue weighted by Crippen LogP contribution is 2.23. The molecular weight excluding hydrogens is 247 g/mol. The molecule has 16 heavy (non-hydrogen) atoms. The average molecular weight is 255 g/mol. The summed E-state index contributed by atoms with van der Waals surface area (Å²) in [5.74, 6) is -0.441. The van der Waals surface area contributed by atoms with E-state index in [2.05, 4.69) is 9.97 Å². The number of hydrogen-bond donors (Lipinski definition) is 1. The van der Waals surface area contributed by atoms with E-state index in [0.717, 1.165) is 11.3 Å². The predicted octanol–water partition coefficient (Wildman–Crippen LogP) is 3.91. The van der Waals surface area contributed by atoms with Crippen LogP contribution in [0.3, 0.4) is 0 Å². The van der Waals surface area contributed by atoms with Crippen LogP contribution in [-0.2, 0) is 0 Å². The molecule has 0 radical (unpaired) electrons.